The Morgan fingerprint density at radius 3 is 3.06 bits per heavy atom. The topological polar surface area (TPSA) is 38.1 Å². The van der Waals surface area contributed by atoms with Gasteiger partial charge in [-0.05, 0) is 28.5 Å². The number of carbonyl (C=O) groups excluding carboxylic acids is 1. The molecular formula is C13H15N3OS. The third-order valence-electron chi connectivity index (χ3n) is 2.52. The van der Waals surface area contributed by atoms with Gasteiger partial charge in [0.2, 0.25) is 5.91 Å². The molecule has 0 saturated carbocycles. The normalized spacial score (nSPS) is 11.0. The summed E-state index contributed by atoms with van der Waals surface area (Å²) >= 11 is 1.64. The Kier molecular flexibility index (Phi) is 3.94. The second kappa shape index (κ2) is 5.64. The van der Waals surface area contributed by atoms with Gasteiger partial charge in [-0.3, -0.25) is 9.48 Å². The van der Waals surface area contributed by atoms with Crippen LogP contribution in [-0.4, -0.2) is 27.6 Å². The van der Waals surface area contributed by atoms with E-state index < -0.39 is 0 Å². The van der Waals surface area contributed by atoms with E-state index in [4.69, 9.17) is 0 Å². The minimum absolute atomic E-state index is 0.00921. The van der Waals surface area contributed by atoms with Crippen molar-refractivity contribution < 1.29 is 4.79 Å². The van der Waals surface area contributed by atoms with Crippen molar-refractivity contribution >= 4 is 23.3 Å². The highest BCUT2D eigenvalue weighted by atomic mass is 32.1. The second-order valence-corrected chi connectivity index (χ2v) is 4.89. The fraction of sp³-hybridized carbons (Fsp3) is 0.231. The van der Waals surface area contributed by atoms with Gasteiger partial charge in [-0.1, -0.05) is 0 Å². The number of thiophene rings is 1. The zero-order valence-electron chi connectivity index (χ0n) is 10.4. The molecule has 2 aromatic rings. The highest BCUT2D eigenvalue weighted by Gasteiger charge is 2.05. The summed E-state index contributed by atoms with van der Waals surface area (Å²) in [4.78, 5) is 13.6. The SMILES string of the molecule is CN(Cc1ccsc1)C(=O)/C=C/c1cnn(C)c1. The Hall–Kier alpha value is -1.88. The molecule has 1 amide bonds. The lowest BCUT2D eigenvalue weighted by molar-refractivity contribution is -0.125. The van der Waals surface area contributed by atoms with E-state index in [9.17, 15) is 4.79 Å². The summed E-state index contributed by atoms with van der Waals surface area (Å²) in [6.45, 7) is 0.639. The van der Waals surface area contributed by atoms with Crippen molar-refractivity contribution in [1.82, 2.24) is 14.7 Å². The van der Waals surface area contributed by atoms with Crippen molar-refractivity contribution in [1.29, 1.82) is 0 Å². The number of likely N-dealkylation sites (N-methyl/N-ethyl adjacent to an activating group) is 1. The number of carbonyl (C=O) groups is 1. The van der Waals surface area contributed by atoms with Crippen molar-refractivity contribution in [2.24, 2.45) is 7.05 Å². The van der Waals surface area contributed by atoms with Crippen molar-refractivity contribution in [2.75, 3.05) is 7.05 Å². The summed E-state index contributed by atoms with van der Waals surface area (Å²) < 4.78 is 1.71. The van der Waals surface area contributed by atoms with Crippen LogP contribution in [-0.2, 0) is 18.4 Å². The molecule has 4 nitrogen and oxygen atoms in total. The molecule has 18 heavy (non-hydrogen) atoms. The van der Waals surface area contributed by atoms with Gasteiger partial charge in [0.25, 0.3) is 0 Å². The van der Waals surface area contributed by atoms with Gasteiger partial charge >= 0.3 is 0 Å². The van der Waals surface area contributed by atoms with Crippen LogP contribution in [0.15, 0.2) is 35.3 Å². The van der Waals surface area contributed by atoms with Gasteiger partial charge in [-0.25, -0.2) is 0 Å². The molecule has 5 heteroatoms. The molecule has 0 N–H and O–H groups in total. The van der Waals surface area contributed by atoms with Gasteiger partial charge in [0.15, 0.2) is 0 Å². The highest BCUT2D eigenvalue weighted by molar-refractivity contribution is 7.07. The number of hydrogen-bond donors (Lipinski definition) is 0. The third kappa shape index (κ3) is 3.30. The Labute approximate surface area is 110 Å². The van der Waals surface area contributed by atoms with E-state index in [-0.39, 0.29) is 5.91 Å². The lowest BCUT2D eigenvalue weighted by Gasteiger charge is -2.13. The molecule has 94 valence electrons. The van der Waals surface area contributed by atoms with Crippen LogP contribution in [0, 0.1) is 0 Å². The summed E-state index contributed by atoms with van der Waals surface area (Å²) in [5, 5.41) is 8.11. The minimum atomic E-state index is -0.00921. The number of amides is 1. The largest absolute Gasteiger partial charge is 0.338 e. The lowest BCUT2D eigenvalue weighted by atomic mass is 10.3. The van der Waals surface area contributed by atoms with Crippen molar-refractivity contribution in [3.05, 3.63) is 46.4 Å². The standard InChI is InChI=1S/C13H15N3OS/c1-15(8-12-5-6-18-10-12)13(17)4-3-11-7-14-16(2)9-11/h3-7,9-10H,8H2,1-2H3/b4-3+. The van der Waals surface area contributed by atoms with E-state index >= 15 is 0 Å². The predicted molar refractivity (Wildman–Crippen MR) is 73.0 cm³/mol. The molecule has 2 rings (SSSR count). The van der Waals surface area contributed by atoms with Crippen LogP contribution in [0.4, 0.5) is 0 Å². The van der Waals surface area contributed by atoms with Crippen molar-refractivity contribution in [3.8, 4) is 0 Å². The van der Waals surface area contributed by atoms with Crippen LogP contribution < -0.4 is 0 Å². The van der Waals surface area contributed by atoms with Gasteiger partial charge in [-0.15, -0.1) is 0 Å². The summed E-state index contributed by atoms with van der Waals surface area (Å²) in [6, 6.07) is 2.03. The maximum Gasteiger partial charge on any atom is 0.246 e. The lowest BCUT2D eigenvalue weighted by Crippen LogP contribution is -2.23. The molecular weight excluding hydrogens is 246 g/mol. The van der Waals surface area contributed by atoms with Crippen LogP contribution in [0.25, 0.3) is 6.08 Å². The van der Waals surface area contributed by atoms with Crippen LogP contribution in [0.5, 0.6) is 0 Å². The molecule has 0 bridgehead atoms. The van der Waals surface area contributed by atoms with Gasteiger partial charge in [0.05, 0.1) is 6.20 Å². The fourth-order valence-corrected chi connectivity index (χ4v) is 2.22. The molecule has 2 aromatic heterocycles. The first-order valence-electron chi connectivity index (χ1n) is 5.58. The zero-order valence-corrected chi connectivity index (χ0v) is 11.2. The van der Waals surface area contributed by atoms with Crippen LogP contribution in [0.3, 0.4) is 0 Å². The molecule has 0 aromatic carbocycles. The van der Waals surface area contributed by atoms with E-state index in [0.29, 0.717) is 6.54 Å². The summed E-state index contributed by atoms with van der Waals surface area (Å²) in [5.41, 5.74) is 2.08. The van der Waals surface area contributed by atoms with Gasteiger partial charge in [0.1, 0.15) is 0 Å². The fourth-order valence-electron chi connectivity index (χ4n) is 1.56. The first kappa shape index (κ1) is 12.6. The van der Waals surface area contributed by atoms with Crippen molar-refractivity contribution in [3.63, 3.8) is 0 Å². The molecule has 0 aliphatic carbocycles. The quantitative estimate of drug-likeness (QED) is 0.791. The van der Waals surface area contributed by atoms with Gasteiger partial charge in [0, 0.05) is 38.5 Å². The number of aryl methyl sites for hydroxylation is 1. The molecule has 0 aliphatic rings. The van der Waals surface area contributed by atoms with Crippen LogP contribution >= 0.6 is 11.3 Å². The minimum Gasteiger partial charge on any atom is -0.338 e. The van der Waals surface area contributed by atoms with E-state index in [0.717, 1.165) is 11.1 Å². The first-order valence-corrected chi connectivity index (χ1v) is 6.52. The Bertz CT molecular complexity index is 542. The molecule has 0 fully saturated rings. The zero-order chi connectivity index (χ0) is 13.0. The second-order valence-electron chi connectivity index (χ2n) is 4.11. The maximum atomic E-state index is 11.9. The molecule has 0 saturated heterocycles. The summed E-state index contributed by atoms with van der Waals surface area (Å²) in [7, 11) is 3.65. The van der Waals surface area contributed by atoms with Gasteiger partial charge in [-0.2, -0.15) is 16.4 Å². The van der Waals surface area contributed by atoms with E-state index in [1.165, 1.54) is 0 Å². The Morgan fingerprint density at radius 1 is 1.61 bits per heavy atom. The Morgan fingerprint density at radius 2 is 2.44 bits per heavy atom. The maximum absolute atomic E-state index is 11.9. The van der Waals surface area contributed by atoms with E-state index in [1.54, 1.807) is 46.3 Å². The average molecular weight is 261 g/mol. The van der Waals surface area contributed by atoms with Crippen LogP contribution in [0.1, 0.15) is 11.1 Å². The molecule has 0 spiro atoms. The molecule has 0 radical (unpaired) electrons. The van der Waals surface area contributed by atoms with E-state index in [1.807, 2.05) is 24.7 Å². The smallest absolute Gasteiger partial charge is 0.246 e. The molecule has 0 atom stereocenters. The third-order valence-corrected chi connectivity index (χ3v) is 3.25. The molecule has 0 aliphatic heterocycles. The molecule has 0 unspecified atom stereocenters. The summed E-state index contributed by atoms with van der Waals surface area (Å²) in [5.74, 6) is -0.00921. The van der Waals surface area contributed by atoms with Gasteiger partial charge < -0.3 is 4.90 Å². The monoisotopic (exact) mass is 261 g/mol. The molecule has 2 heterocycles. The average Bonchev–Trinajstić information content (AvgIpc) is 2.97. The Balaban J connectivity index is 1.93. The first-order chi connectivity index (χ1) is 8.65. The number of aromatic nitrogens is 2. The number of rotatable bonds is 4. The van der Waals surface area contributed by atoms with E-state index in [2.05, 4.69) is 10.5 Å². The summed E-state index contributed by atoms with van der Waals surface area (Å²) in [6.07, 6.45) is 6.94. The predicted octanol–water partition coefficient (Wildman–Crippen LogP) is 2.15. The number of nitrogens with zero attached hydrogens (tertiary/aromatic N) is 3. The van der Waals surface area contributed by atoms with Crippen LogP contribution in [0.2, 0.25) is 0 Å². The highest BCUT2D eigenvalue weighted by Crippen LogP contribution is 2.09. The van der Waals surface area contributed by atoms with Crippen molar-refractivity contribution in [2.45, 2.75) is 6.54 Å². The number of hydrogen-bond acceptors (Lipinski definition) is 3.